The van der Waals surface area contributed by atoms with Gasteiger partial charge < -0.3 is 19.3 Å². The fourth-order valence-electron chi connectivity index (χ4n) is 3.28. The summed E-state index contributed by atoms with van der Waals surface area (Å²) in [7, 11) is 1.37. The lowest BCUT2D eigenvalue weighted by Gasteiger charge is -2.28. The third-order valence-electron chi connectivity index (χ3n) is 4.47. The molecule has 1 aromatic carbocycles. The van der Waals surface area contributed by atoms with Crippen LogP contribution in [-0.4, -0.2) is 43.7 Å². The van der Waals surface area contributed by atoms with Crippen LogP contribution in [0.2, 0.25) is 0 Å². The van der Waals surface area contributed by atoms with Crippen LogP contribution in [-0.2, 0) is 9.53 Å². The molecule has 4 atom stereocenters. The van der Waals surface area contributed by atoms with Gasteiger partial charge in [-0.2, -0.15) is 0 Å². The van der Waals surface area contributed by atoms with E-state index in [0.29, 0.717) is 24.7 Å². The van der Waals surface area contributed by atoms with E-state index < -0.39 is 6.23 Å². The molecule has 0 bridgehead atoms. The molecule has 1 fully saturated rings. The lowest BCUT2D eigenvalue weighted by molar-refractivity contribution is -0.141. The van der Waals surface area contributed by atoms with Crippen molar-refractivity contribution < 1.29 is 24.1 Å². The average Bonchev–Trinajstić information content (AvgIpc) is 2.90. The Morgan fingerprint density at radius 2 is 2.09 bits per heavy atom. The Kier molecular flexibility index (Phi) is 4.70. The van der Waals surface area contributed by atoms with Crippen LogP contribution in [0.1, 0.15) is 24.8 Å². The molecule has 3 rings (SSSR count). The molecule has 126 valence electrons. The highest BCUT2D eigenvalue weighted by molar-refractivity contribution is 5.70. The molecule has 2 heterocycles. The molecule has 2 aliphatic rings. The molecular weight excluding hydrogens is 300 g/mol. The molecule has 0 amide bonds. The van der Waals surface area contributed by atoms with Crippen LogP contribution >= 0.6 is 0 Å². The van der Waals surface area contributed by atoms with E-state index in [1.165, 1.54) is 7.11 Å². The van der Waals surface area contributed by atoms with E-state index in [1.807, 2.05) is 25.1 Å². The maximum Gasteiger partial charge on any atom is 0.306 e. The second-order valence-corrected chi connectivity index (χ2v) is 5.89. The van der Waals surface area contributed by atoms with Gasteiger partial charge in [-0.3, -0.25) is 10.2 Å². The lowest BCUT2D eigenvalue weighted by Crippen LogP contribution is -2.33. The normalized spacial score (nSPS) is 27.5. The Labute approximate surface area is 134 Å². The predicted molar refractivity (Wildman–Crippen MR) is 82.0 cm³/mol. The second-order valence-electron chi connectivity index (χ2n) is 5.89. The monoisotopic (exact) mass is 322 g/mol. The summed E-state index contributed by atoms with van der Waals surface area (Å²) in [6.45, 7) is 3.00. The molecule has 2 aliphatic heterocycles. The Balaban J connectivity index is 1.92. The maximum absolute atomic E-state index is 11.9. The van der Waals surface area contributed by atoms with Crippen molar-refractivity contribution in [2.24, 2.45) is 5.92 Å². The summed E-state index contributed by atoms with van der Waals surface area (Å²) in [6.07, 6.45) is -0.557. The number of carbonyl (C=O) groups excluding carboxylic acids is 1. The predicted octanol–water partition coefficient (Wildman–Crippen LogP) is 0.535. The van der Waals surface area contributed by atoms with Gasteiger partial charge in [-0.1, -0.05) is 6.07 Å². The van der Waals surface area contributed by atoms with Crippen molar-refractivity contribution in [3.63, 3.8) is 0 Å². The number of fused-ring (bicyclic) bond motifs is 1. The van der Waals surface area contributed by atoms with E-state index in [0.717, 1.165) is 5.56 Å². The van der Waals surface area contributed by atoms with Gasteiger partial charge in [0.25, 0.3) is 0 Å². The summed E-state index contributed by atoms with van der Waals surface area (Å²) in [5, 5.41) is 10.2. The topological polar surface area (TPSA) is 89.1 Å². The fraction of sp³-hybridized carbons (Fsp3) is 0.562. The molecule has 0 spiro atoms. The van der Waals surface area contributed by atoms with Gasteiger partial charge in [0.05, 0.1) is 13.5 Å². The Morgan fingerprint density at radius 3 is 2.74 bits per heavy atom. The van der Waals surface area contributed by atoms with Crippen LogP contribution in [0.5, 0.6) is 11.5 Å². The van der Waals surface area contributed by atoms with Gasteiger partial charge in [-0.15, -0.1) is 0 Å². The van der Waals surface area contributed by atoms with Crippen LogP contribution in [0.3, 0.4) is 0 Å². The summed E-state index contributed by atoms with van der Waals surface area (Å²) in [4.78, 5) is 11.9. The highest BCUT2D eigenvalue weighted by atomic mass is 16.6. The van der Waals surface area contributed by atoms with Crippen LogP contribution in [0, 0.1) is 5.92 Å². The first-order chi connectivity index (χ1) is 11.1. The first kappa shape index (κ1) is 16.0. The quantitative estimate of drug-likeness (QED) is 0.697. The van der Waals surface area contributed by atoms with Crippen LogP contribution in [0.25, 0.3) is 0 Å². The zero-order valence-corrected chi connectivity index (χ0v) is 13.2. The molecule has 3 N–H and O–H groups in total. The first-order valence-electron chi connectivity index (χ1n) is 7.75. The van der Waals surface area contributed by atoms with Crippen molar-refractivity contribution in [2.75, 3.05) is 20.3 Å². The third kappa shape index (κ3) is 3.26. The molecule has 1 aromatic rings. The maximum atomic E-state index is 11.9. The van der Waals surface area contributed by atoms with Crippen molar-refractivity contribution in [1.29, 1.82) is 0 Å². The number of rotatable bonds is 4. The van der Waals surface area contributed by atoms with Gasteiger partial charge in [-0.25, -0.2) is 5.43 Å². The van der Waals surface area contributed by atoms with Gasteiger partial charge in [-0.05, 0) is 24.6 Å². The number of hydrogen-bond acceptors (Lipinski definition) is 7. The van der Waals surface area contributed by atoms with E-state index >= 15 is 0 Å². The summed E-state index contributed by atoms with van der Waals surface area (Å²) < 4.78 is 16.0. The number of ether oxygens (including phenoxy) is 3. The number of hydrazine groups is 1. The first-order valence-corrected chi connectivity index (χ1v) is 7.75. The van der Waals surface area contributed by atoms with Gasteiger partial charge >= 0.3 is 5.97 Å². The Bertz CT molecular complexity index is 570. The fourth-order valence-corrected chi connectivity index (χ4v) is 3.28. The molecule has 23 heavy (non-hydrogen) atoms. The molecule has 0 aromatic heterocycles. The van der Waals surface area contributed by atoms with Gasteiger partial charge in [0.15, 0.2) is 11.5 Å². The van der Waals surface area contributed by atoms with Gasteiger partial charge in [0, 0.05) is 17.9 Å². The van der Waals surface area contributed by atoms with Crippen LogP contribution < -0.4 is 20.3 Å². The van der Waals surface area contributed by atoms with Crippen molar-refractivity contribution in [3.8, 4) is 11.5 Å². The number of carbonyl (C=O) groups is 1. The summed E-state index contributed by atoms with van der Waals surface area (Å²) in [5.41, 5.74) is 6.75. The third-order valence-corrected chi connectivity index (χ3v) is 4.47. The summed E-state index contributed by atoms with van der Waals surface area (Å²) in [6, 6.07) is 5.66. The van der Waals surface area contributed by atoms with E-state index in [-0.39, 0.29) is 30.3 Å². The molecule has 7 nitrogen and oxygen atoms in total. The standard InChI is InChI=1S/C16H22N2O5/c1-9-15(16(20)18-17-9)11(8-14(19)21-2)10-3-4-12-13(7-10)23-6-5-22-12/h3-4,7,9,11,15-18,20H,5-6,8H2,1-2H3. The van der Waals surface area contributed by atoms with Crippen molar-refractivity contribution in [2.45, 2.75) is 31.5 Å². The number of nitrogens with one attached hydrogen (secondary N) is 2. The highest BCUT2D eigenvalue weighted by Crippen LogP contribution is 2.39. The van der Waals surface area contributed by atoms with E-state index in [2.05, 4.69) is 10.9 Å². The number of hydrogen-bond donors (Lipinski definition) is 3. The molecule has 4 unspecified atom stereocenters. The number of aliphatic hydroxyl groups excluding tert-OH is 1. The molecule has 0 radical (unpaired) electrons. The smallest absolute Gasteiger partial charge is 0.306 e. The number of benzene rings is 1. The zero-order valence-electron chi connectivity index (χ0n) is 13.2. The van der Waals surface area contributed by atoms with Gasteiger partial charge in [0.2, 0.25) is 0 Å². The van der Waals surface area contributed by atoms with E-state index in [4.69, 9.17) is 14.2 Å². The van der Waals surface area contributed by atoms with Crippen molar-refractivity contribution in [3.05, 3.63) is 23.8 Å². The zero-order chi connectivity index (χ0) is 16.4. The highest BCUT2D eigenvalue weighted by Gasteiger charge is 2.40. The average molecular weight is 322 g/mol. The van der Waals surface area contributed by atoms with Crippen molar-refractivity contribution >= 4 is 5.97 Å². The minimum Gasteiger partial charge on any atom is -0.486 e. The summed E-state index contributed by atoms with van der Waals surface area (Å²) >= 11 is 0. The van der Waals surface area contributed by atoms with Crippen LogP contribution in [0.15, 0.2) is 18.2 Å². The molecular formula is C16H22N2O5. The number of esters is 1. The summed E-state index contributed by atoms with van der Waals surface area (Å²) in [5.74, 6) is 0.691. The number of methoxy groups -OCH3 is 1. The molecule has 1 saturated heterocycles. The van der Waals surface area contributed by atoms with Crippen molar-refractivity contribution in [1.82, 2.24) is 10.9 Å². The van der Waals surface area contributed by atoms with E-state index in [9.17, 15) is 9.90 Å². The largest absolute Gasteiger partial charge is 0.486 e. The molecule has 0 aliphatic carbocycles. The minimum absolute atomic E-state index is 0.00727. The van der Waals surface area contributed by atoms with Gasteiger partial charge in [0.1, 0.15) is 19.4 Å². The second kappa shape index (κ2) is 6.74. The number of aliphatic hydroxyl groups is 1. The Morgan fingerprint density at radius 1 is 1.35 bits per heavy atom. The molecule has 0 saturated carbocycles. The van der Waals surface area contributed by atoms with Crippen LogP contribution in [0.4, 0.5) is 0 Å². The molecule has 7 heteroatoms. The lowest BCUT2D eigenvalue weighted by atomic mass is 9.79. The minimum atomic E-state index is -0.743. The Hall–Kier alpha value is -1.83. The SMILES string of the molecule is COC(=O)CC(c1ccc2c(c1)OCCO2)C1C(C)NNC1O. The van der Waals surface area contributed by atoms with E-state index in [1.54, 1.807) is 0 Å².